The van der Waals surface area contributed by atoms with E-state index in [1.165, 1.54) is 0 Å². The molecular weight excluding hydrogens is 250 g/mol. The number of rotatable bonds is 4. The zero-order valence-electron chi connectivity index (χ0n) is 10.8. The van der Waals surface area contributed by atoms with Crippen molar-refractivity contribution in [2.45, 2.75) is 6.61 Å². The molecule has 20 heavy (non-hydrogen) atoms. The summed E-state index contributed by atoms with van der Waals surface area (Å²) in [6, 6.07) is 17.1. The number of carbonyl (C=O) groups is 1. The van der Waals surface area contributed by atoms with Gasteiger partial charge in [-0.3, -0.25) is 9.78 Å². The van der Waals surface area contributed by atoms with E-state index in [1.807, 2.05) is 24.3 Å². The number of pyridine rings is 1. The van der Waals surface area contributed by atoms with Crippen molar-refractivity contribution in [3.05, 3.63) is 71.9 Å². The van der Waals surface area contributed by atoms with Gasteiger partial charge in [0.1, 0.15) is 18.6 Å². The van der Waals surface area contributed by atoms with E-state index in [-0.39, 0.29) is 0 Å². The highest BCUT2D eigenvalue weighted by Crippen LogP contribution is 2.16. The molecule has 0 fully saturated rings. The number of carbonyl (C=O) groups excluding carboxylic acids is 1. The normalized spacial score (nSPS) is 10.4. The smallest absolute Gasteiger partial charge is 0.150 e. The molecule has 3 nitrogen and oxygen atoms in total. The third-order valence-electron chi connectivity index (χ3n) is 3.09. The lowest BCUT2D eigenvalue weighted by molar-refractivity contribution is 0.112. The van der Waals surface area contributed by atoms with Gasteiger partial charge >= 0.3 is 0 Å². The highest BCUT2D eigenvalue weighted by Gasteiger charge is 1.99. The van der Waals surface area contributed by atoms with Crippen LogP contribution in [0.5, 0.6) is 5.75 Å². The van der Waals surface area contributed by atoms with Gasteiger partial charge in [0.2, 0.25) is 0 Å². The monoisotopic (exact) mass is 263 g/mol. The van der Waals surface area contributed by atoms with E-state index in [4.69, 9.17) is 4.74 Å². The van der Waals surface area contributed by atoms with Crippen molar-refractivity contribution in [1.29, 1.82) is 0 Å². The number of aromatic nitrogens is 1. The maximum Gasteiger partial charge on any atom is 0.150 e. The van der Waals surface area contributed by atoms with E-state index in [0.717, 1.165) is 28.5 Å². The van der Waals surface area contributed by atoms with E-state index in [2.05, 4.69) is 11.1 Å². The molecule has 0 aliphatic rings. The van der Waals surface area contributed by atoms with Crippen LogP contribution in [0, 0.1) is 0 Å². The van der Waals surface area contributed by atoms with Gasteiger partial charge in [0, 0.05) is 17.1 Å². The Morgan fingerprint density at radius 1 is 1.05 bits per heavy atom. The molecule has 1 aromatic heterocycles. The Morgan fingerprint density at radius 2 is 1.90 bits per heavy atom. The van der Waals surface area contributed by atoms with Crippen molar-refractivity contribution >= 4 is 17.2 Å². The number of benzene rings is 2. The molecule has 3 aromatic rings. The SMILES string of the molecule is O=Cc1ccc(OCc2ccc3ncccc3c2)cc1. The van der Waals surface area contributed by atoms with E-state index in [0.29, 0.717) is 12.2 Å². The van der Waals surface area contributed by atoms with Gasteiger partial charge in [0.05, 0.1) is 5.52 Å². The molecule has 0 aliphatic carbocycles. The van der Waals surface area contributed by atoms with Gasteiger partial charge in [-0.15, -0.1) is 0 Å². The van der Waals surface area contributed by atoms with Crippen LogP contribution in [-0.4, -0.2) is 11.3 Å². The van der Waals surface area contributed by atoms with Crippen LogP contribution in [0.2, 0.25) is 0 Å². The number of hydrogen-bond acceptors (Lipinski definition) is 3. The third-order valence-corrected chi connectivity index (χ3v) is 3.09. The third kappa shape index (κ3) is 2.67. The van der Waals surface area contributed by atoms with Gasteiger partial charge < -0.3 is 4.74 Å². The highest BCUT2D eigenvalue weighted by atomic mass is 16.5. The minimum atomic E-state index is 0.491. The lowest BCUT2D eigenvalue weighted by atomic mass is 10.1. The van der Waals surface area contributed by atoms with Crippen LogP contribution in [-0.2, 0) is 6.61 Å². The van der Waals surface area contributed by atoms with Crippen LogP contribution in [0.25, 0.3) is 10.9 Å². The molecular formula is C17H13NO2. The topological polar surface area (TPSA) is 39.2 Å². The average molecular weight is 263 g/mol. The number of nitrogens with zero attached hydrogens (tertiary/aromatic N) is 1. The minimum absolute atomic E-state index is 0.491. The Hall–Kier alpha value is -2.68. The molecule has 0 atom stereocenters. The van der Waals surface area contributed by atoms with Crippen LogP contribution in [0.15, 0.2) is 60.8 Å². The second-order valence-electron chi connectivity index (χ2n) is 4.51. The summed E-state index contributed by atoms with van der Waals surface area (Å²) in [5.74, 6) is 0.752. The number of fused-ring (bicyclic) bond motifs is 1. The fourth-order valence-corrected chi connectivity index (χ4v) is 2.02. The molecule has 0 bridgehead atoms. The molecule has 3 rings (SSSR count). The Balaban J connectivity index is 1.74. The first kappa shape index (κ1) is 12.4. The molecule has 0 radical (unpaired) electrons. The average Bonchev–Trinajstić information content (AvgIpc) is 2.53. The first-order chi connectivity index (χ1) is 9.85. The summed E-state index contributed by atoms with van der Waals surface area (Å²) in [6.07, 6.45) is 2.60. The number of hydrogen-bond donors (Lipinski definition) is 0. The molecule has 0 amide bonds. The van der Waals surface area contributed by atoms with E-state index in [9.17, 15) is 4.79 Å². The van der Waals surface area contributed by atoms with Gasteiger partial charge in [0.25, 0.3) is 0 Å². The van der Waals surface area contributed by atoms with Crippen LogP contribution >= 0.6 is 0 Å². The molecule has 0 saturated carbocycles. The standard InChI is InChI=1S/C17H13NO2/c19-11-13-3-6-16(7-4-13)20-12-14-5-8-17-15(10-14)2-1-9-18-17/h1-11H,12H2. The van der Waals surface area contributed by atoms with E-state index >= 15 is 0 Å². The zero-order valence-corrected chi connectivity index (χ0v) is 10.8. The zero-order chi connectivity index (χ0) is 13.8. The van der Waals surface area contributed by atoms with Crippen LogP contribution in [0.3, 0.4) is 0 Å². The Labute approximate surface area is 116 Å². The molecule has 2 aromatic carbocycles. The summed E-state index contributed by atoms with van der Waals surface area (Å²) in [6.45, 7) is 0.491. The largest absolute Gasteiger partial charge is 0.489 e. The van der Waals surface area contributed by atoms with Gasteiger partial charge in [-0.1, -0.05) is 12.1 Å². The van der Waals surface area contributed by atoms with Crippen LogP contribution in [0.4, 0.5) is 0 Å². The molecule has 0 spiro atoms. The van der Waals surface area contributed by atoms with Crippen molar-refractivity contribution in [2.24, 2.45) is 0 Å². The Kier molecular flexibility index (Phi) is 3.42. The Morgan fingerprint density at radius 3 is 2.70 bits per heavy atom. The summed E-state index contributed by atoms with van der Waals surface area (Å²) in [4.78, 5) is 14.9. The highest BCUT2D eigenvalue weighted by molar-refractivity contribution is 5.78. The van der Waals surface area contributed by atoms with Gasteiger partial charge in [-0.05, 0) is 48.0 Å². The van der Waals surface area contributed by atoms with Gasteiger partial charge in [0.15, 0.2) is 0 Å². The quantitative estimate of drug-likeness (QED) is 0.675. The van der Waals surface area contributed by atoms with Crippen molar-refractivity contribution in [2.75, 3.05) is 0 Å². The second-order valence-corrected chi connectivity index (χ2v) is 4.51. The first-order valence-corrected chi connectivity index (χ1v) is 6.37. The first-order valence-electron chi connectivity index (χ1n) is 6.37. The van der Waals surface area contributed by atoms with Crippen LogP contribution < -0.4 is 4.74 Å². The summed E-state index contributed by atoms with van der Waals surface area (Å²) in [7, 11) is 0. The maximum atomic E-state index is 10.6. The summed E-state index contributed by atoms with van der Waals surface area (Å²) >= 11 is 0. The molecule has 98 valence electrons. The van der Waals surface area contributed by atoms with Crippen molar-refractivity contribution in [3.8, 4) is 5.75 Å². The summed E-state index contributed by atoms with van der Waals surface area (Å²) < 4.78 is 5.70. The van der Waals surface area contributed by atoms with E-state index < -0.39 is 0 Å². The lowest BCUT2D eigenvalue weighted by Crippen LogP contribution is -1.95. The summed E-state index contributed by atoms with van der Waals surface area (Å²) in [5, 5.41) is 1.10. The van der Waals surface area contributed by atoms with Crippen molar-refractivity contribution in [3.63, 3.8) is 0 Å². The van der Waals surface area contributed by atoms with E-state index in [1.54, 1.807) is 30.5 Å². The molecule has 0 N–H and O–H groups in total. The lowest BCUT2D eigenvalue weighted by Gasteiger charge is -2.07. The molecule has 0 unspecified atom stereocenters. The predicted molar refractivity (Wildman–Crippen MR) is 77.9 cm³/mol. The number of ether oxygens (including phenoxy) is 1. The molecule has 0 aliphatic heterocycles. The minimum Gasteiger partial charge on any atom is -0.489 e. The molecule has 1 heterocycles. The second kappa shape index (κ2) is 5.53. The predicted octanol–water partition coefficient (Wildman–Crippen LogP) is 3.63. The molecule has 0 saturated heterocycles. The fourth-order valence-electron chi connectivity index (χ4n) is 2.02. The molecule has 3 heteroatoms. The maximum absolute atomic E-state index is 10.6. The van der Waals surface area contributed by atoms with Gasteiger partial charge in [-0.25, -0.2) is 0 Å². The Bertz CT molecular complexity index is 735. The van der Waals surface area contributed by atoms with Crippen molar-refractivity contribution < 1.29 is 9.53 Å². The fraction of sp³-hybridized carbons (Fsp3) is 0.0588. The van der Waals surface area contributed by atoms with Gasteiger partial charge in [-0.2, -0.15) is 0 Å². The summed E-state index contributed by atoms with van der Waals surface area (Å²) in [5.41, 5.74) is 2.71. The van der Waals surface area contributed by atoms with Crippen LogP contribution in [0.1, 0.15) is 15.9 Å². The number of aldehydes is 1. The van der Waals surface area contributed by atoms with Crippen molar-refractivity contribution in [1.82, 2.24) is 4.98 Å².